The second-order valence-corrected chi connectivity index (χ2v) is 6.19. The van der Waals surface area contributed by atoms with E-state index in [2.05, 4.69) is 16.0 Å². The Balaban J connectivity index is 3.39. The average Bonchev–Trinajstić information content (AvgIpc) is 2.41. The van der Waals surface area contributed by atoms with Gasteiger partial charge in [0.2, 0.25) is 5.91 Å². The Hall–Kier alpha value is -1.27. The summed E-state index contributed by atoms with van der Waals surface area (Å²) in [6, 6.07) is -1.03. The van der Waals surface area contributed by atoms with Crippen LogP contribution in [-0.2, 0) is 19.7 Å². The van der Waals surface area contributed by atoms with Crippen molar-refractivity contribution < 1.29 is 27.7 Å². The van der Waals surface area contributed by atoms with Gasteiger partial charge in [-0.25, -0.2) is 0 Å². The molecule has 11 heteroatoms. The molecule has 0 aromatic heterocycles. The third kappa shape index (κ3) is 13.7. The lowest BCUT2D eigenvalue weighted by molar-refractivity contribution is -0.138. The van der Waals surface area contributed by atoms with E-state index in [0.717, 1.165) is 0 Å². The van der Waals surface area contributed by atoms with Crippen LogP contribution >= 0.6 is 0 Å². The minimum atomic E-state index is -3.93. The van der Waals surface area contributed by atoms with Crippen molar-refractivity contribution in [3.8, 4) is 0 Å². The fourth-order valence-corrected chi connectivity index (χ4v) is 1.82. The first-order chi connectivity index (χ1) is 10.2. The first kappa shape index (κ1) is 20.7. The summed E-state index contributed by atoms with van der Waals surface area (Å²) >= 11 is 0. The fraction of sp³-hybridized carbons (Fsp3) is 0.818. The molecule has 0 aliphatic rings. The summed E-state index contributed by atoms with van der Waals surface area (Å²) in [6.07, 6.45) is 0.150. The summed E-state index contributed by atoms with van der Waals surface area (Å²) in [7, 11) is -3.93. The largest absolute Gasteiger partial charge is 0.480 e. The van der Waals surface area contributed by atoms with Crippen LogP contribution in [-0.4, -0.2) is 74.5 Å². The zero-order chi connectivity index (χ0) is 17.0. The molecule has 22 heavy (non-hydrogen) atoms. The molecule has 0 bridgehead atoms. The normalized spacial score (nSPS) is 12.8. The number of hydrogen-bond donors (Lipinski definition) is 6. The molecule has 0 fully saturated rings. The van der Waals surface area contributed by atoms with Gasteiger partial charge in [0.15, 0.2) is 0 Å². The Morgan fingerprint density at radius 1 is 1.05 bits per heavy atom. The molecule has 10 nitrogen and oxygen atoms in total. The third-order valence-electron chi connectivity index (χ3n) is 2.64. The second kappa shape index (κ2) is 11.3. The van der Waals surface area contributed by atoms with Gasteiger partial charge in [0.25, 0.3) is 10.1 Å². The van der Waals surface area contributed by atoms with E-state index in [0.29, 0.717) is 26.2 Å². The van der Waals surface area contributed by atoms with Crippen LogP contribution in [0.2, 0.25) is 0 Å². The number of nitrogens with two attached hydrogens (primary N) is 1. The number of aliphatic carboxylic acids is 1. The van der Waals surface area contributed by atoms with Gasteiger partial charge >= 0.3 is 5.97 Å². The number of nitrogens with one attached hydrogen (secondary N) is 3. The summed E-state index contributed by atoms with van der Waals surface area (Å²) in [5.74, 6) is -1.72. The molecule has 7 N–H and O–H groups in total. The Bertz CT molecular complexity index is 442. The number of amides is 1. The standard InChI is InChI=1S/C11H24N4O6S/c12-9(11(17)18)1-2-10(16)15-6-5-13-3-4-14-7-8-22(19,20)21/h9,13-14H,1-8,12H2,(H,15,16)(H,17,18)(H,19,20,21)/t9-/m0/s1. The quantitative estimate of drug-likeness (QED) is 0.155. The SMILES string of the molecule is N[C@@H](CCC(=O)NCCNCCNCCS(=O)(=O)O)C(=O)O. The lowest BCUT2D eigenvalue weighted by Crippen LogP contribution is -2.37. The molecule has 0 aliphatic carbocycles. The highest BCUT2D eigenvalue weighted by molar-refractivity contribution is 7.85. The van der Waals surface area contributed by atoms with Crippen LogP contribution in [0.1, 0.15) is 12.8 Å². The molecule has 0 radical (unpaired) electrons. The fourth-order valence-electron chi connectivity index (χ4n) is 1.42. The van der Waals surface area contributed by atoms with Crippen LogP contribution in [0.25, 0.3) is 0 Å². The zero-order valence-electron chi connectivity index (χ0n) is 12.2. The van der Waals surface area contributed by atoms with Crippen molar-refractivity contribution in [2.24, 2.45) is 5.73 Å². The van der Waals surface area contributed by atoms with Crippen molar-refractivity contribution in [3.05, 3.63) is 0 Å². The monoisotopic (exact) mass is 340 g/mol. The van der Waals surface area contributed by atoms with Gasteiger partial charge in [-0.15, -0.1) is 0 Å². The molecule has 130 valence electrons. The Morgan fingerprint density at radius 2 is 1.59 bits per heavy atom. The highest BCUT2D eigenvalue weighted by Gasteiger charge is 2.12. The number of carbonyl (C=O) groups is 2. The Kier molecular flexibility index (Phi) is 10.7. The number of carbonyl (C=O) groups excluding carboxylic acids is 1. The lowest BCUT2D eigenvalue weighted by Gasteiger charge is -2.08. The van der Waals surface area contributed by atoms with Crippen LogP contribution in [0.4, 0.5) is 0 Å². The average molecular weight is 340 g/mol. The molecule has 0 heterocycles. The minimum absolute atomic E-state index is 0.0602. The number of rotatable bonds is 13. The predicted molar refractivity (Wildman–Crippen MR) is 80.0 cm³/mol. The van der Waals surface area contributed by atoms with E-state index in [4.69, 9.17) is 15.4 Å². The number of hydrogen-bond acceptors (Lipinski definition) is 7. The van der Waals surface area contributed by atoms with Crippen LogP contribution < -0.4 is 21.7 Å². The van der Waals surface area contributed by atoms with Gasteiger partial charge in [-0.05, 0) is 6.42 Å². The number of carboxylic acid groups (broad SMARTS) is 1. The van der Waals surface area contributed by atoms with Gasteiger partial charge in [-0.1, -0.05) is 0 Å². The van der Waals surface area contributed by atoms with Crippen LogP contribution in [0.15, 0.2) is 0 Å². The van der Waals surface area contributed by atoms with Crippen LogP contribution in [0.3, 0.4) is 0 Å². The molecule has 0 unspecified atom stereocenters. The first-order valence-electron chi connectivity index (χ1n) is 6.84. The zero-order valence-corrected chi connectivity index (χ0v) is 13.1. The molecule has 0 spiro atoms. The van der Waals surface area contributed by atoms with E-state index in [9.17, 15) is 18.0 Å². The first-order valence-corrected chi connectivity index (χ1v) is 8.45. The highest BCUT2D eigenvalue weighted by Crippen LogP contribution is 1.94. The van der Waals surface area contributed by atoms with Gasteiger partial charge in [0, 0.05) is 39.1 Å². The molecule has 0 aromatic carbocycles. The van der Waals surface area contributed by atoms with Crippen LogP contribution in [0.5, 0.6) is 0 Å². The van der Waals surface area contributed by atoms with E-state index in [1.807, 2.05) is 0 Å². The Labute approximate surface area is 129 Å². The minimum Gasteiger partial charge on any atom is -0.480 e. The van der Waals surface area contributed by atoms with Crippen molar-refractivity contribution in [1.82, 2.24) is 16.0 Å². The summed E-state index contributed by atoms with van der Waals surface area (Å²) < 4.78 is 29.3. The van der Waals surface area contributed by atoms with E-state index < -0.39 is 22.1 Å². The smallest absolute Gasteiger partial charge is 0.320 e. The van der Waals surface area contributed by atoms with E-state index in [1.54, 1.807) is 0 Å². The molecular weight excluding hydrogens is 316 g/mol. The van der Waals surface area contributed by atoms with E-state index in [1.165, 1.54) is 0 Å². The molecule has 0 saturated carbocycles. The molecule has 1 amide bonds. The molecular formula is C11H24N4O6S. The van der Waals surface area contributed by atoms with Crippen LogP contribution in [0, 0.1) is 0 Å². The second-order valence-electron chi connectivity index (χ2n) is 4.62. The molecule has 0 saturated heterocycles. The van der Waals surface area contributed by atoms with Gasteiger partial charge in [0.05, 0.1) is 5.75 Å². The highest BCUT2D eigenvalue weighted by atomic mass is 32.2. The van der Waals surface area contributed by atoms with Gasteiger partial charge < -0.3 is 26.8 Å². The predicted octanol–water partition coefficient (Wildman–Crippen LogP) is -2.64. The molecule has 0 rings (SSSR count). The molecule has 0 aliphatic heterocycles. The van der Waals surface area contributed by atoms with Crippen molar-refractivity contribution in [2.75, 3.05) is 38.5 Å². The molecule has 0 aromatic rings. The topological polar surface area (TPSA) is 171 Å². The van der Waals surface area contributed by atoms with E-state index in [-0.39, 0.29) is 31.0 Å². The van der Waals surface area contributed by atoms with Crippen molar-refractivity contribution in [3.63, 3.8) is 0 Å². The van der Waals surface area contributed by atoms with Gasteiger partial charge in [-0.2, -0.15) is 8.42 Å². The maximum Gasteiger partial charge on any atom is 0.320 e. The summed E-state index contributed by atoms with van der Waals surface area (Å²) in [5, 5.41) is 17.0. The maximum atomic E-state index is 11.4. The molecule has 1 atom stereocenters. The lowest BCUT2D eigenvalue weighted by atomic mass is 10.1. The van der Waals surface area contributed by atoms with Crippen molar-refractivity contribution in [1.29, 1.82) is 0 Å². The third-order valence-corrected chi connectivity index (χ3v) is 3.36. The van der Waals surface area contributed by atoms with Gasteiger partial charge in [-0.3, -0.25) is 14.1 Å². The van der Waals surface area contributed by atoms with E-state index >= 15 is 0 Å². The maximum absolute atomic E-state index is 11.4. The van der Waals surface area contributed by atoms with Crippen molar-refractivity contribution >= 4 is 22.0 Å². The summed E-state index contributed by atoms with van der Waals surface area (Å²) in [6.45, 7) is 2.19. The summed E-state index contributed by atoms with van der Waals surface area (Å²) in [4.78, 5) is 21.8. The number of carboxylic acids is 1. The van der Waals surface area contributed by atoms with Crippen molar-refractivity contribution in [2.45, 2.75) is 18.9 Å². The Morgan fingerprint density at radius 3 is 2.14 bits per heavy atom. The summed E-state index contributed by atoms with van der Waals surface area (Å²) in [5.41, 5.74) is 5.27. The van der Waals surface area contributed by atoms with Gasteiger partial charge in [0.1, 0.15) is 6.04 Å².